The number of carbonyl (C=O) groups is 1. The monoisotopic (exact) mass is 389 g/mol. The number of pyridine rings is 2. The fourth-order valence-electron chi connectivity index (χ4n) is 3.18. The van der Waals surface area contributed by atoms with Gasteiger partial charge in [0.25, 0.3) is 0 Å². The van der Waals surface area contributed by atoms with Gasteiger partial charge in [-0.05, 0) is 48.4 Å². The molecule has 0 saturated carbocycles. The second kappa shape index (κ2) is 8.60. The number of benzene rings is 1. The minimum atomic E-state index is -0.262. The lowest BCUT2D eigenvalue weighted by atomic mass is 10.2. The highest BCUT2D eigenvalue weighted by molar-refractivity contribution is 5.89. The second-order valence-corrected chi connectivity index (χ2v) is 6.70. The Labute approximate surface area is 167 Å². The molecule has 0 unspecified atom stereocenters. The lowest BCUT2D eigenvalue weighted by Crippen LogP contribution is -2.13. The van der Waals surface area contributed by atoms with Gasteiger partial charge in [-0.3, -0.25) is 4.79 Å². The Morgan fingerprint density at radius 2 is 1.83 bits per heavy atom. The zero-order valence-corrected chi connectivity index (χ0v) is 15.8. The molecular weight excluding hydrogens is 369 g/mol. The van der Waals surface area contributed by atoms with Gasteiger partial charge >= 0.3 is 0 Å². The molecule has 0 fully saturated rings. The summed E-state index contributed by atoms with van der Waals surface area (Å²) >= 11 is 0. The first-order valence-electron chi connectivity index (χ1n) is 9.44. The van der Waals surface area contributed by atoms with E-state index in [9.17, 15) is 9.18 Å². The summed E-state index contributed by atoms with van der Waals surface area (Å²) in [6.07, 6.45) is 5.01. The average Bonchev–Trinajstić information content (AvgIpc) is 3.08. The number of aryl methyl sites for hydroxylation is 1. The summed E-state index contributed by atoms with van der Waals surface area (Å²) in [5, 5.41) is 2.79. The standard InChI is InChI=1S/C22H20FN5O/c23-17-11-9-16(10-12-17)15-28-20(26-18-5-4-14-25-22(18)28)7-3-8-21(29)27-19-6-1-2-13-24-19/h1-2,4-6,9-14H,3,7-8,15H2,(H,24,27,29). The van der Waals surface area contributed by atoms with Crippen LogP contribution in [0, 0.1) is 5.82 Å². The Morgan fingerprint density at radius 3 is 2.62 bits per heavy atom. The van der Waals surface area contributed by atoms with Crippen LogP contribution in [0.25, 0.3) is 11.2 Å². The maximum atomic E-state index is 13.2. The van der Waals surface area contributed by atoms with E-state index in [-0.39, 0.29) is 11.7 Å². The lowest BCUT2D eigenvalue weighted by molar-refractivity contribution is -0.116. The molecule has 0 aliphatic heterocycles. The molecule has 4 aromatic rings. The Bertz CT molecular complexity index is 1110. The normalized spacial score (nSPS) is 10.9. The fraction of sp³-hybridized carbons (Fsp3) is 0.182. The van der Waals surface area contributed by atoms with Crippen LogP contribution in [0.1, 0.15) is 24.2 Å². The lowest BCUT2D eigenvalue weighted by Gasteiger charge is -2.09. The number of hydrogen-bond donors (Lipinski definition) is 1. The SMILES string of the molecule is O=C(CCCc1nc2cccnc2n1Cc1ccc(F)cc1)Nc1ccccn1. The van der Waals surface area contributed by atoms with Crippen LogP contribution in [-0.4, -0.2) is 25.4 Å². The van der Waals surface area contributed by atoms with Crippen LogP contribution in [0.2, 0.25) is 0 Å². The number of imidazole rings is 1. The fourth-order valence-corrected chi connectivity index (χ4v) is 3.18. The van der Waals surface area contributed by atoms with Crippen molar-refractivity contribution >= 4 is 22.9 Å². The molecule has 6 nitrogen and oxygen atoms in total. The van der Waals surface area contributed by atoms with Crippen molar-refractivity contribution in [2.75, 3.05) is 5.32 Å². The van der Waals surface area contributed by atoms with Gasteiger partial charge < -0.3 is 9.88 Å². The van der Waals surface area contributed by atoms with E-state index in [2.05, 4.69) is 20.3 Å². The van der Waals surface area contributed by atoms with Gasteiger partial charge in [0.15, 0.2) is 5.65 Å². The maximum Gasteiger partial charge on any atom is 0.225 e. The van der Waals surface area contributed by atoms with E-state index in [1.54, 1.807) is 36.7 Å². The van der Waals surface area contributed by atoms with Crippen LogP contribution in [-0.2, 0) is 17.8 Å². The number of aromatic nitrogens is 4. The molecular formula is C22H20FN5O. The van der Waals surface area contributed by atoms with E-state index in [4.69, 9.17) is 0 Å². The summed E-state index contributed by atoms with van der Waals surface area (Å²) < 4.78 is 15.2. The molecule has 0 aliphatic carbocycles. The minimum Gasteiger partial charge on any atom is -0.311 e. The van der Waals surface area contributed by atoms with E-state index in [1.807, 2.05) is 22.8 Å². The van der Waals surface area contributed by atoms with Crippen molar-refractivity contribution in [3.63, 3.8) is 0 Å². The molecule has 0 radical (unpaired) electrons. The molecule has 7 heteroatoms. The van der Waals surface area contributed by atoms with E-state index in [0.717, 1.165) is 22.6 Å². The Kier molecular flexibility index (Phi) is 5.56. The topological polar surface area (TPSA) is 72.7 Å². The van der Waals surface area contributed by atoms with Gasteiger partial charge in [0.2, 0.25) is 5.91 Å². The first-order valence-corrected chi connectivity index (χ1v) is 9.44. The third-order valence-corrected chi connectivity index (χ3v) is 4.57. The van der Waals surface area contributed by atoms with Crippen LogP contribution < -0.4 is 5.32 Å². The van der Waals surface area contributed by atoms with Gasteiger partial charge in [0, 0.05) is 25.2 Å². The zero-order valence-electron chi connectivity index (χ0n) is 15.8. The van der Waals surface area contributed by atoms with E-state index in [1.165, 1.54) is 12.1 Å². The number of fused-ring (bicyclic) bond motifs is 1. The van der Waals surface area contributed by atoms with Gasteiger partial charge in [-0.2, -0.15) is 0 Å². The highest BCUT2D eigenvalue weighted by Gasteiger charge is 2.13. The number of halogens is 1. The van der Waals surface area contributed by atoms with Gasteiger partial charge in [-0.25, -0.2) is 19.3 Å². The molecule has 146 valence electrons. The van der Waals surface area contributed by atoms with E-state index >= 15 is 0 Å². The van der Waals surface area contributed by atoms with Crippen molar-refractivity contribution in [1.82, 2.24) is 19.5 Å². The Morgan fingerprint density at radius 1 is 1.00 bits per heavy atom. The first-order chi connectivity index (χ1) is 14.2. The van der Waals surface area contributed by atoms with Gasteiger partial charge in [-0.15, -0.1) is 0 Å². The Balaban J connectivity index is 1.46. The molecule has 29 heavy (non-hydrogen) atoms. The molecule has 3 aromatic heterocycles. The average molecular weight is 389 g/mol. The van der Waals surface area contributed by atoms with Crippen molar-refractivity contribution in [2.24, 2.45) is 0 Å². The van der Waals surface area contributed by atoms with E-state index in [0.29, 0.717) is 31.6 Å². The van der Waals surface area contributed by atoms with Crippen molar-refractivity contribution < 1.29 is 9.18 Å². The molecule has 0 atom stereocenters. The summed E-state index contributed by atoms with van der Waals surface area (Å²) in [6.45, 7) is 0.545. The van der Waals surface area contributed by atoms with Crippen LogP contribution in [0.3, 0.4) is 0 Å². The quantitative estimate of drug-likeness (QED) is 0.519. The van der Waals surface area contributed by atoms with Gasteiger partial charge in [0.05, 0.1) is 6.54 Å². The molecule has 0 spiro atoms. The number of nitrogens with one attached hydrogen (secondary N) is 1. The van der Waals surface area contributed by atoms with Crippen molar-refractivity contribution in [2.45, 2.75) is 25.8 Å². The summed E-state index contributed by atoms with van der Waals surface area (Å²) in [6, 6.07) is 15.6. The second-order valence-electron chi connectivity index (χ2n) is 6.70. The van der Waals surface area contributed by atoms with Crippen LogP contribution in [0.4, 0.5) is 10.2 Å². The molecule has 4 rings (SSSR count). The molecule has 1 N–H and O–H groups in total. The Hall–Kier alpha value is -3.61. The van der Waals surface area contributed by atoms with Crippen LogP contribution >= 0.6 is 0 Å². The third-order valence-electron chi connectivity index (χ3n) is 4.57. The highest BCUT2D eigenvalue weighted by atomic mass is 19.1. The minimum absolute atomic E-state index is 0.0805. The number of anilines is 1. The highest BCUT2D eigenvalue weighted by Crippen LogP contribution is 2.18. The summed E-state index contributed by atoms with van der Waals surface area (Å²) in [5.74, 6) is 1.06. The molecule has 0 bridgehead atoms. The largest absolute Gasteiger partial charge is 0.311 e. The molecule has 0 aliphatic rings. The predicted octanol–water partition coefficient (Wildman–Crippen LogP) is 3.98. The van der Waals surface area contributed by atoms with E-state index < -0.39 is 0 Å². The summed E-state index contributed by atoms with van der Waals surface area (Å²) in [4.78, 5) is 25.4. The number of carbonyl (C=O) groups excluding carboxylic acids is 1. The first kappa shape index (κ1) is 18.7. The van der Waals surface area contributed by atoms with Crippen LogP contribution in [0.5, 0.6) is 0 Å². The zero-order chi connectivity index (χ0) is 20.1. The van der Waals surface area contributed by atoms with Crippen molar-refractivity contribution in [3.05, 3.63) is 84.2 Å². The molecule has 3 heterocycles. The van der Waals surface area contributed by atoms with Crippen molar-refractivity contribution in [1.29, 1.82) is 0 Å². The predicted molar refractivity (Wildman–Crippen MR) is 109 cm³/mol. The molecule has 0 saturated heterocycles. The third kappa shape index (κ3) is 4.63. The molecule has 1 aromatic carbocycles. The van der Waals surface area contributed by atoms with Crippen molar-refractivity contribution in [3.8, 4) is 0 Å². The van der Waals surface area contributed by atoms with Crippen LogP contribution in [0.15, 0.2) is 67.0 Å². The summed E-state index contributed by atoms with van der Waals surface area (Å²) in [5.41, 5.74) is 2.55. The van der Waals surface area contributed by atoms with Gasteiger partial charge in [0.1, 0.15) is 23.0 Å². The number of rotatable bonds is 7. The smallest absolute Gasteiger partial charge is 0.225 e. The summed E-state index contributed by atoms with van der Waals surface area (Å²) in [7, 11) is 0. The number of hydrogen-bond acceptors (Lipinski definition) is 4. The number of nitrogens with zero attached hydrogens (tertiary/aromatic N) is 4. The maximum absolute atomic E-state index is 13.2. The molecule has 1 amide bonds. The number of amides is 1. The van der Waals surface area contributed by atoms with Gasteiger partial charge in [-0.1, -0.05) is 18.2 Å².